The summed E-state index contributed by atoms with van der Waals surface area (Å²) >= 11 is 0.153. The first-order chi connectivity index (χ1) is 26.2. The molecule has 0 radical (unpaired) electrons. The van der Waals surface area contributed by atoms with Gasteiger partial charge in [0.25, 0.3) is 0 Å². The number of rotatable bonds is 4. The zero-order chi connectivity index (χ0) is 35.0. The number of aryl methyl sites for hydroxylation is 1. The third kappa shape index (κ3) is 4.63. The van der Waals surface area contributed by atoms with Gasteiger partial charge in [0.1, 0.15) is 0 Å². The SMILES string of the molecule is Cc1ccc(-c2c3ccccc3c(-c3cccc4c3[se]c3ccc(-c5c6ccccc6c(-c6ccccc6)c6ccccc56)cc34)c3ccccc23)o1. The molecule has 2 heteroatoms. The third-order valence-electron chi connectivity index (χ3n) is 11.0. The predicted octanol–water partition coefficient (Wildman–Crippen LogP) is 14.2. The number of fused-ring (bicyclic) bond motifs is 7. The molecule has 53 heavy (non-hydrogen) atoms. The second-order valence-corrected chi connectivity index (χ2v) is 16.2. The summed E-state index contributed by atoms with van der Waals surface area (Å²) in [4.78, 5) is 0. The van der Waals surface area contributed by atoms with E-state index in [4.69, 9.17) is 4.42 Å². The molecule has 0 saturated carbocycles. The second kappa shape index (κ2) is 11.9. The summed E-state index contributed by atoms with van der Waals surface area (Å²) in [5, 5.41) is 12.8. The molecule has 0 saturated heterocycles. The average Bonchev–Trinajstić information content (AvgIpc) is 3.82. The Balaban J connectivity index is 1.18. The number of benzene rings is 9. The molecule has 248 valence electrons. The van der Waals surface area contributed by atoms with Crippen LogP contribution in [0.5, 0.6) is 0 Å². The van der Waals surface area contributed by atoms with Crippen molar-refractivity contribution in [1.29, 1.82) is 0 Å². The van der Waals surface area contributed by atoms with Crippen LogP contribution in [0, 0.1) is 6.92 Å². The summed E-state index contributed by atoms with van der Waals surface area (Å²) < 4.78 is 9.18. The molecule has 0 atom stereocenters. The van der Waals surface area contributed by atoms with Gasteiger partial charge in [-0.25, -0.2) is 0 Å². The average molecular weight is 740 g/mol. The van der Waals surface area contributed by atoms with Crippen molar-refractivity contribution in [3.8, 4) is 44.7 Å². The quantitative estimate of drug-likeness (QED) is 0.129. The van der Waals surface area contributed by atoms with Crippen molar-refractivity contribution >= 4 is 76.9 Å². The zero-order valence-electron chi connectivity index (χ0n) is 29.1. The summed E-state index contributed by atoms with van der Waals surface area (Å²) in [6.45, 7) is 2.02. The van der Waals surface area contributed by atoms with E-state index in [1.807, 2.05) is 6.92 Å². The molecule has 1 nitrogen and oxygen atoms in total. The molecular weight excluding hydrogens is 708 g/mol. The Labute approximate surface area is 313 Å². The van der Waals surface area contributed by atoms with Crippen molar-refractivity contribution in [2.75, 3.05) is 0 Å². The van der Waals surface area contributed by atoms with E-state index in [0.717, 1.165) is 17.1 Å². The Morgan fingerprint density at radius 3 is 1.40 bits per heavy atom. The van der Waals surface area contributed by atoms with Gasteiger partial charge in [0.15, 0.2) is 0 Å². The summed E-state index contributed by atoms with van der Waals surface area (Å²) in [6.07, 6.45) is 0. The molecule has 0 spiro atoms. The maximum atomic E-state index is 6.28. The van der Waals surface area contributed by atoms with Gasteiger partial charge < -0.3 is 0 Å². The zero-order valence-corrected chi connectivity index (χ0v) is 30.8. The summed E-state index contributed by atoms with van der Waals surface area (Å²) in [7, 11) is 0. The standard InChI is InChI=1S/C51H32OSe/c1-31-26-28-45(52-31)50-40-22-11-9-20-38(40)49(39-21-10-12-23-41(39)50)43-25-13-24-42-44-30-33(27-29-46(44)53-51(42)43)48-36-18-7-5-16-34(36)47(32-14-3-2-4-15-32)35-17-6-8-19-37(35)48/h2-30H,1H3. The van der Waals surface area contributed by atoms with Crippen LogP contribution in [-0.4, -0.2) is 14.5 Å². The van der Waals surface area contributed by atoms with Crippen LogP contribution in [0.4, 0.5) is 0 Å². The molecule has 11 rings (SSSR count). The minimum absolute atomic E-state index is 0.153. The van der Waals surface area contributed by atoms with E-state index >= 15 is 0 Å². The molecule has 0 aliphatic rings. The first kappa shape index (κ1) is 30.4. The number of hydrogen-bond donors (Lipinski definition) is 0. The van der Waals surface area contributed by atoms with Crippen LogP contribution in [0.1, 0.15) is 5.76 Å². The number of furan rings is 1. The second-order valence-electron chi connectivity index (χ2n) is 14.0. The first-order valence-electron chi connectivity index (χ1n) is 18.2. The number of hydrogen-bond acceptors (Lipinski definition) is 1. The van der Waals surface area contributed by atoms with Gasteiger partial charge in [-0.15, -0.1) is 0 Å². The van der Waals surface area contributed by atoms with Crippen LogP contribution in [0.25, 0.3) is 107 Å². The van der Waals surface area contributed by atoms with Gasteiger partial charge in [0.2, 0.25) is 0 Å². The molecular formula is C51H32OSe. The Kier molecular flexibility index (Phi) is 6.86. The van der Waals surface area contributed by atoms with Crippen molar-refractivity contribution in [3.05, 3.63) is 182 Å². The van der Waals surface area contributed by atoms with Gasteiger partial charge in [-0.3, -0.25) is 0 Å². The van der Waals surface area contributed by atoms with Crippen molar-refractivity contribution in [3.63, 3.8) is 0 Å². The monoisotopic (exact) mass is 740 g/mol. The van der Waals surface area contributed by atoms with Crippen LogP contribution >= 0.6 is 0 Å². The molecule has 0 fully saturated rings. The Morgan fingerprint density at radius 2 is 0.849 bits per heavy atom. The van der Waals surface area contributed by atoms with Crippen LogP contribution < -0.4 is 0 Å². The van der Waals surface area contributed by atoms with Crippen molar-refractivity contribution in [2.45, 2.75) is 6.92 Å². The Morgan fingerprint density at radius 1 is 0.358 bits per heavy atom. The molecule has 0 aliphatic heterocycles. The van der Waals surface area contributed by atoms with E-state index in [9.17, 15) is 0 Å². The summed E-state index contributed by atoms with van der Waals surface area (Å²) in [5.74, 6) is 1.84. The molecule has 0 unspecified atom stereocenters. The van der Waals surface area contributed by atoms with E-state index in [1.54, 1.807) is 0 Å². The van der Waals surface area contributed by atoms with Gasteiger partial charge in [0, 0.05) is 0 Å². The molecule has 0 aliphatic carbocycles. The maximum absolute atomic E-state index is 6.28. The molecule has 11 aromatic rings. The summed E-state index contributed by atoms with van der Waals surface area (Å²) in [5.41, 5.74) is 8.91. The van der Waals surface area contributed by atoms with Crippen LogP contribution in [0.2, 0.25) is 0 Å². The fraction of sp³-hybridized carbons (Fsp3) is 0.0196. The third-order valence-corrected chi connectivity index (χ3v) is 13.5. The molecule has 0 amide bonds. The van der Waals surface area contributed by atoms with E-state index in [2.05, 4.69) is 176 Å². The first-order valence-corrected chi connectivity index (χ1v) is 19.9. The predicted molar refractivity (Wildman–Crippen MR) is 227 cm³/mol. The van der Waals surface area contributed by atoms with Crippen LogP contribution in [0.15, 0.2) is 180 Å². The molecule has 2 heterocycles. The Hall–Kier alpha value is -6.18. The van der Waals surface area contributed by atoms with E-state index in [0.29, 0.717) is 0 Å². The van der Waals surface area contributed by atoms with Crippen molar-refractivity contribution < 1.29 is 4.42 Å². The molecule has 2 aromatic heterocycles. The summed E-state index contributed by atoms with van der Waals surface area (Å²) in [6, 6.07) is 64.8. The fourth-order valence-electron chi connectivity index (χ4n) is 8.76. The van der Waals surface area contributed by atoms with Crippen molar-refractivity contribution in [2.24, 2.45) is 0 Å². The van der Waals surface area contributed by atoms with E-state index in [-0.39, 0.29) is 14.5 Å². The molecule has 9 aromatic carbocycles. The van der Waals surface area contributed by atoms with Crippen molar-refractivity contribution in [1.82, 2.24) is 0 Å². The van der Waals surface area contributed by atoms with E-state index in [1.165, 1.54) is 95.8 Å². The molecule has 0 N–H and O–H groups in total. The van der Waals surface area contributed by atoms with Crippen LogP contribution in [-0.2, 0) is 0 Å². The molecule has 0 bridgehead atoms. The van der Waals surface area contributed by atoms with Gasteiger partial charge in [-0.1, -0.05) is 0 Å². The van der Waals surface area contributed by atoms with Gasteiger partial charge in [-0.2, -0.15) is 0 Å². The van der Waals surface area contributed by atoms with Gasteiger partial charge in [-0.05, 0) is 0 Å². The normalized spacial score (nSPS) is 11.9. The van der Waals surface area contributed by atoms with Crippen LogP contribution in [0.3, 0.4) is 0 Å². The minimum atomic E-state index is 0.153. The Bertz CT molecular complexity index is 3120. The topological polar surface area (TPSA) is 13.1 Å². The fourth-order valence-corrected chi connectivity index (χ4v) is 11.3. The van der Waals surface area contributed by atoms with Gasteiger partial charge in [0.05, 0.1) is 0 Å². The van der Waals surface area contributed by atoms with Gasteiger partial charge >= 0.3 is 315 Å². The van der Waals surface area contributed by atoms with E-state index < -0.39 is 0 Å².